The van der Waals surface area contributed by atoms with E-state index in [0.29, 0.717) is 0 Å². The first-order valence-corrected chi connectivity index (χ1v) is 3.07. The van der Waals surface area contributed by atoms with Crippen LogP contribution in [0.4, 0.5) is 0 Å². The van der Waals surface area contributed by atoms with Crippen molar-refractivity contribution in [3.8, 4) is 0 Å². The van der Waals surface area contributed by atoms with Gasteiger partial charge in [-0.3, -0.25) is 0 Å². The molecule has 0 aliphatic rings. The van der Waals surface area contributed by atoms with Gasteiger partial charge >= 0.3 is 0 Å². The van der Waals surface area contributed by atoms with E-state index < -0.39 is 6.10 Å². The van der Waals surface area contributed by atoms with E-state index in [9.17, 15) is 5.11 Å². The van der Waals surface area contributed by atoms with Gasteiger partial charge in [0.05, 0.1) is 12.5 Å². The predicted octanol–water partition coefficient (Wildman–Crippen LogP) is 1.89. The number of hydrogen-bond donors (Lipinski definition) is 1. The summed E-state index contributed by atoms with van der Waals surface area (Å²) in [5.41, 5.74) is 1.48. The molecule has 0 radical (unpaired) electrons. The first-order chi connectivity index (χ1) is 4.72. The second-order valence-corrected chi connectivity index (χ2v) is 2.31. The highest BCUT2D eigenvalue weighted by Gasteiger charge is 2.07. The molecule has 0 aromatic carbocycles. The third-order valence-corrected chi connectivity index (χ3v) is 1.33. The van der Waals surface area contributed by atoms with Gasteiger partial charge in [-0.25, -0.2) is 0 Å². The Hall–Kier alpha value is -1.02. The highest BCUT2D eigenvalue weighted by molar-refractivity contribution is 5.18. The molecule has 1 aromatic rings. The summed E-state index contributed by atoms with van der Waals surface area (Å²) in [5, 5.41) is 9.33. The Morgan fingerprint density at radius 3 is 2.90 bits per heavy atom. The molecule has 0 saturated carbocycles. The Morgan fingerprint density at radius 2 is 2.50 bits per heavy atom. The summed E-state index contributed by atoms with van der Waals surface area (Å²) >= 11 is 0. The van der Waals surface area contributed by atoms with Gasteiger partial charge in [0.1, 0.15) is 6.10 Å². The molecular formula is C8H10O2. The first-order valence-electron chi connectivity index (χ1n) is 3.07. The highest BCUT2D eigenvalue weighted by Crippen LogP contribution is 2.19. The Morgan fingerprint density at radius 1 is 1.80 bits per heavy atom. The molecule has 0 aliphatic heterocycles. The van der Waals surface area contributed by atoms with Crippen molar-refractivity contribution in [3.05, 3.63) is 36.3 Å². The molecule has 1 heterocycles. The zero-order chi connectivity index (χ0) is 7.56. The van der Waals surface area contributed by atoms with Gasteiger partial charge in [-0.15, -0.1) is 0 Å². The molecule has 0 saturated heterocycles. The minimum atomic E-state index is -0.584. The van der Waals surface area contributed by atoms with Crippen LogP contribution in [0.3, 0.4) is 0 Å². The van der Waals surface area contributed by atoms with Gasteiger partial charge < -0.3 is 9.52 Å². The van der Waals surface area contributed by atoms with Crippen LogP contribution < -0.4 is 0 Å². The van der Waals surface area contributed by atoms with Gasteiger partial charge in [-0.2, -0.15) is 0 Å². The van der Waals surface area contributed by atoms with E-state index in [1.165, 1.54) is 12.5 Å². The maximum Gasteiger partial charge on any atom is 0.103 e. The largest absolute Gasteiger partial charge is 0.472 e. The monoisotopic (exact) mass is 138 g/mol. The standard InChI is InChI=1S/C8H10O2/c1-6(2)8(9)7-3-4-10-5-7/h3-5,8-9H,1H2,2H3/t8-/m1/s1. The van der Waals surface area contributed by atoms with Crippen LogP contribution in [0.15, 0.2) is 35.2 Å². The van der Waals surface area contributed by atoms with E-state index in [0.717, 1.165) is 11.1 Å². The Balaban J connectivity index is 2.77. The van der Waals surface area contributed by atoms with Crippen LogP contribution in [-0.4, -0.2) is 5.11 Å². The Kier molecular flexibility index (Phi) is 1.92. The minimum absolute atomic E-state index is 0.584. The fourth-order valence-electron chi connectivity index (χ4n) is 0.715. The smallest absolute Gasteiger partial charge is 0.103 e. The summed E-state index contributed by atoms with van der Waals surface area (Å²) in [6, 6.07) is 1.72. The summed E-state index contributed by atoms with van der Waals surface area (Å²) in [5.74, 6) is 0. The van der Waals surface area contributed by atoms with E-state index in [1.54, 1.807) is 13.0 Å². The molecule has 54 valence electrons. The minimum Gasteiger partial charge on any atom is -0.472 e. The van der Waals surface area contributed by atoms with Crippen molar-refractivity contribution < 1.29 is 9.52 Å². The number of aliphatic hydroxyl groups is 1. The van der Waals surface area contributed by atoms with Crippen LogP contribution in [0.1, 0.15) is 18.6 Å². The molecule has 0 spiro atoms. The third-order valence-electron chi connectivity index (χ3n) is 1.33. The number of aliphatic hydroxyl groups excluding tert-OH is 1. The molecule has 1 N–H and O–H groups in total. The zero-order valence-electron chi connectivity index (χ0n) is 5.87. The molecule has 1 atom stereocenters. The molecule has 0 aliphatic carbocycles. The fourth-order valence-corrected chi connectivity index (χ4v) is 0.715. The van der Waals surface area contributed by atoms with E-state index in [4.69, 9.17) is 4.42 Å². The molecule has 1 rings (SSSR count). The number of hydrogen-bond acceptors (Lipinski definition) is 2. The van der Waals surface area contributed by atoms with Crippen molar-refractivity contribution in [3.63, 3.8) is 0 Å². The maximum atomic E-state index is 9.33. The van der Waals surface area contributed by atoms with Gasteiger partial charge in [-0.05, 0) is 18.6 Å². The van der Waals surface area contributed by atoms with Crippen molar-refractivity contribution in [1.29, 1.82) is 0 Å². The van der Waals surface area contributed by atoms with Crippen LogP contribution in [0.25, 0.3) is 0 Å². The summed E-state index contributed by atoms with van der Waals surface area (Å²) in [7, 11) is 0. The third kappa shape index (κ3) is 1.28. The van der Waals surface area contributed by atoms with E-state index >= 15 is 0 Å². The lowest BCUT2D eigenvalue weighted by Crippen LogP contribution is -1.94. The topological polar surface area (TPSA) is 33.4 Å². The van der Waals surface area contributed by atoms with Crippen molar-refractivity contribution in [1.82, 2.24) is 0 Å². The van der Waals surface area contributed by atoms with Gasteiger partial charge in [0, 0.05) is 5.56 Å². The van der Waals surface area contributed by atoms with Crippen molar-refractivity contribution in [2.24, 2.45) is 0 Å². The van der Waals surface area contributed by atoms with Crippen LogP contribution in [0, 0.1) is 0 Å². The average molecular weight is 138 g/mol. The molecule has 2 heteroatoms. The molecule has 0 unspecified atom stereocenters. The number of furan rings is 1. The molecule has 0 amide bonds. The summed E-state index contributed by atoms with van der Waals surface area (Å²) in [6.07, 6.45) is 2.46. The van der Waals surface area contributed by atoms with Gasteiger partial charge in [-0.1, -0.05) is 6.58 Å². The summed E-state index contributed by atoms with van der Waals surface area (Å²) in [6.45, 7) is 5.39. The predicted molar refractivity (Wildman–Crippen MR) is 38.5 cm³/mol. The Bertz CT molecular complexity index is 211. The summed E-state index contributed by atoms with van der Waals surface area (Å²) < 4.78 is 4.78. The second kappa shape index (κ2) is 2.71. The normalized spacial score (nSPS) is 13.0. The fraction of sp³-hybridized carbons (Fsp3) is 0.250. The quantitative estimate of drug-likeness (QED) is 0.633. The van der Waals surface area contributed by atoms with Gasteiger partial charge in [0.15, 0.2) is 0 Å². The van der Waals surface area contributed by atoms with Crippen molar-refractivity contribution >= 4 is 0 Å². The van der Waals surface area contributed by atoms with Crippen LogP contribution in [0.2, 0.25) is 0 Å². The molecule has 2 nitrogen and oxygen atoms in total. The molecule has 0 bridgehead atoms. The van der Waals surface area contributed by atoms with Gasteiger partial charge in [0.25, 0.3) is 0 Å². The average Bonchev–Trinajstić information content (AvgIpc) is 2.36. The van der Waals surface area contributed by atoms with E-state index in [2.05, 4.69) is 6.58 Å². The van der Waals surface area contributed by atoms with E-state index in [1.807, 2.05) is 0 Å². The lowest BCUT2D eigenvalue weighted by molar-refractivity contribution is 0.215. The lowest BCUT2D eigenvalue weighted by atomic mass is 10.1. The lowest BCUT2D eigenvalue weighted by Gasteiger charge is -2.05. The zero-order valence-corrected chi connectivity index (χ0v) is 5.87. The second-order valence-electron chi connectivity index (χ2n) is 2.31. The summed E-state index contributed by atoms with van der Waals surface area (Å²) in [4.78, 5) is 0. The van der Waals surface area contributed by atoms with Crippen LogP contribution in [0.5, 0.6) is 0 Å². The van der Waals surface area contributed by atoms with Crippen LogP contribution >= 0.6 is 0 Å². The first kappa shape index (κ1) is 7.09. The molecule has 1 aromatic heterocycles. The Labute approximate surface area is 59.8 Å². The number of rotatable bonds is 2. The molecule has 10 heavy (non-hydrogen) atoms. The highest BCUT2D eigenvalue weighted by atomic mass is 16.3. The van der Waals surface area contributed by atoms with E-state index in [-0.39, 0.29) is 0 Å². The van der Waals surface area contributed by atoms with Crippen molar-refractivity contribution in [2.45, 2.75) is 13.0 Å². The van der Waals surface area contributed by atoms with Crippen LogP contribution in [-0.2, 0) is 0 Å². The van der Waals surface area contributed by atoms with Crippen molar-refractivity contribution in [2.75, 3.05) is 0 Å². The SMILES string of the molecule is C=C(C)[C@@H](O)c1ccoc1. The van der Waals surface area contributed by atoms with Gasteiger partial charge in [0.2, 0.25) is 0 Å². The molecular weight excluding hydrogens is 128 g/mol. The molecule has 0 fully saturated rings. The maximum absolute atomic E-state index is 9.33.